The number of allylic oxidation sites excluding steroid dienone is 1. The highest BCUT2D eigenvalue weighted by Crippen LogP contribution is 2.26. The van der Waals surface area contributed by atoms with Crippen molar-refractivity contribution in [3.05, 3.63) is 42.0 Å². The van der Waals surface area contributed by atoms with Crippen molar-refractivity contribution >= 4 is 17.9 Å². The summed E-state index contributed by atoms with van der Waals surface area (Å²) >= 11 is 0. The summed E-state index contributed by atoms with van der Waals surface area (Å²) in [5, 5.41) is 0. The average molecular weight is 364 g/mol. The minimum atomic E-state index is -1.94. The molecule has 0 heterocycles. The Morgan fingerprint density at radius 3 is 2.31 bits per heavy atom. The van der Waals surface area contributed by atoms with Crippen LogP contribution in [0, 0.1) is 0 Å². The standard InChI is InChI=1S/C19H24O7/c1-5-24-16(20)13-9-11-14-10-7-8-12-15(14)26-19(3,17(21)23-4)18(22)25-6-2/h7-10,12-13H,5-6,11H2,1-4H3/b13-9+/t19-/m0/s1. The minimum Gasteiger partial charge on any atom is -0.466 e. The summed E-state index contributed by atoms with van der Waals surface area (Å²) in [6.07, 6.45) is 3.26. The fourth-order valence-corrected chi connectivity index (χ4v) is 2.09. The van der Waals surface area contributed by atoms with Gasteiger partial charge in [-0.3, -0.25) is 0 Å². The smallest absolute Gasteiger partial charge is 0.362 e. The van der Waals surface area contributed by atoms with Gasteiger partial charge in [0.2, 0.25) is 0 Å². The Labute approximate surface area is 152 Å². The maximum absolute atomic E-state index is 12.2. The van der Waals surface area contributed by atoms with Gasteiger partial charge in [-0.1, -0.05) is 24.3 Å². The summed E-state index contributed by atoms with van der Waals surface area (Å²) in [6, 6.07) is 6.86. The van der Waals surface area contributed by atoms with Crippen LogP contribution < -0.4 is 4.74 Å². The van der Waals surface area contributed by atoms with Crippen molar-refractivity contribution in [1.29, 1.82) is 0 Å². The van der Waals surface area contributed by atoms with E-state index in [1.807, 2.05) is 0 Å². The van der Waals surface area contributed by atoms with Gasteiger partial charge in [0.15, 0.2) is 0 Å². The third kappa shape index (κ3) is 5.61. The van der Waals surface area contributed by atoms with Crippen molar-refractivity contribution in [2.75, 3.05) is 20.3 Å². The van der Waals surface area contributed by atoms with E-state index < -0.39 is 23.5 Å². The summed E-state index contributed by atoms with van der Waals surface area (Å²) < 4.78 is 20.2. The van der Waals surface area contributed by atoms with Gasteiger partial charge in [-0.25, -0.2) is 14.4 Å². The normalized spacial score (nSPS) is 12.9. The first-order valence-corrected chi connectivity index (χ1v) is 8.24. The van der Waals surface area contributed by atoms with Gasteiger partial charge in [0.05, 0.1) is 20.3 Å². The minimum absolute atomic E-state index is 0.0959. The molecule has 0 bridgehead atoms. The number of rotatable bonds is 9. The molecule has 0 amide bonds. The van der Waals surface area contributed by atoms with E-state index in [1.165, 1.54) is 13.0 Å². The van der Waals surface area contributed by atoms with Crippen molar-refractivity contribution < 1.29 is 33.3 Å². The number of para-hydroxylation sites is 1. The molecule has 0 aromatic heterocycles. The molecule has 26 heavy (non-hydrogen) atoms. The van der Waals surface area contributed by atoms with Crippen LogP contribution >= 0.6 is 0 Å². The molecular weight excluding hydrogens is 340 g/mol. The quantitative estimate of drug-likeness (QED) is 0.287. The topological polar surface area (TPSA) is 88.1 Å². The van der Waals surface area contributed by atoms with Crippen LogP contribution in [0.15, 0.2) is 36.4 Å². The fourth-order valence-electron chi connectivity index (χ4n) is 2.09. The Hall–Kier alpha value is -2.83. The van der Waals surface area contributed by atoms with Gasteiger partial charge >= 0.3 is 17.9 Å². The average Bonchev–Trinajstić information content (AvgIpc) is 2.62. The molecule has 0 aliphatic carbocycles. The first kappa shape index (κ1) is 21.2. The van der Waals surface area contributed by atoms with E-state index in [2.05, 4.69) is 0 Å². The molecule has 1 rings (SSSR count). The van der Waals surface area contributed by atoms with E-state index in [0.29, 0.717) is 24.3 Å². The molecule has 1 aromatic rings. The number of hydrogen-bond donors (Lipinski definition) is 0. The zero-order valence-corrected chi connectivity index (χ0v) is 15.4. The van der Waals surface area contributed by atoms with Crippen molar-refractivity contribution in [2.24, 2.45) is 0 Å². The number of carbonyl (C=O) groups is 3. The lowest BCUT2D eigenvalue weighted by Gasteiger charge is -2.26. The van der Waals surface area contributed by atoms with Gasteiger partial charge < -0.3 is 18.9 Å². The highest BCUT2D eigenvalue weighted by molar-refractivity contribution is 6.03. The Bertz CT molecular complexity index is 666. The van der Waals surface area contributed by atoms with Gasteiger partial charge in [0.25, 0.3) is 5.60 Å². The highest BCUT2D eigenvalue weighted by Gasteiger charge is 2.47. The zero-order chi connectivity index (χ0) is 19.6. The SMILES string of the molecule is CCOC(=O)/C=C/Cc1ccccc1O[C@@](C)(C(=O)OC)C(=O)OCC. The maximum Gasteiger partial charge on any atom is 0.362 e. The van der Waals surface area contributed by atoms with Crippen molar-refractivity contribution in [2.45, 2.75) is 32.8 Å². The zero-order valence-electron chi connectivity index (χ0n) is 15.4. The van der Waals surface area contributed by atoms with E-state index >= 15 is 0 Å². The molecule has 142 valence electrons. The van der Waals surface area contributed by atoms with Crippen LogP contribution in [-0.2, 0) is 35.0 Å². The third-order valence-corrected chi connectivity index (χ3v) is 3.40. The summed E-state index contributed by atoms with van der Waals surface area (Å²) in [6.45, 7) is 5.03. The molecular formula is C19H24O7. The third-order valence-electron chi connectivity index (χ3n) is 3.40. The molecule has 7 nitrogen and oxygen atoms in total. The molecule has 7 heteroatoms. The highest BCUT2D eigenvalue weighted by atomic mass is 16.6. The molecule has 0 saturated carbocycles. The number of ether oxygens (including phenoxy) is 4. The first-order valence-electron chi connectivity index (χ1n) is 8.24. The molecule has 0 saturated heterocycles. The van der Waals surface area contributed by atoms with Crippen LogP contribution in [0.2, 0.25) is 0 Å². The van der Waals surface area contributed by atoms with E-state index in [4.69, 9.17) is 18.9 Å². The first-order chi connectivity index (χ1) is 12.4. The van der Waals surface area contributed by atoms with Gasteiger partial charge in [0, 0.05) is 6.08 Å². The number of hydrogen-bond acceptors (Lipinski definition) is 7. The lowest BCUT2D eigenvalue weighted by Crippen LogP contribution is -2.51. The molecule has 0 N–H and O–H groups in total. The van der Waals surface area contributed by atoms with Gasteiger partial charge in [-0.05, 0) is 38.8 Å². The second kappa shape index (κ2) is 10.2. The van der Waals surface area contributed by atoms with Crippen LogP contribution in [-0.4, -0.2) is 43.8 Å². The Kier molecular flexibility index (Phi) is 8.34. The summed E-state index contributed by atoms with van der Waals surface area (Å²) in [7, 11) is 1.16. The fraction of sp³-hybridized carbons (Fsp3) is 0.421. The van der Waals surface area contributed by atoms with Crippen LogP contribution in [0.5, 0.6) is 5.75 Å². The molecule has 0 fully saturated rings. The van der Waals surface area contributed by atoms with E-state index in [0.717, 1.165) is 7.11 Å². The molecule has 0 radical (unpaired) electrons. The van der Waals surface area contributed by atoms with Crippen molar-refractivity contribution in [1.82, 2.24) is 0 Å². The molecule has 1 atom stereocenters. The lowest BCUT2D eigenvalue weighted by atomic mass is 10.1. The van der Waals surface area contributed by atoms with Crippen LogP contribution in [0.4, 0.5) is 0 Å². The number of methoxy groups -OCH3 is 1. The van der Waals surface area contributed by atoms with E-state index in [1.54, 1.807) is 44.2 Å². The van der Waals surface area contributed by atoms with Gasteiger partial charge in [-0.2, -0.15) is 0 Å². The summed E-state index contributed by atoms with van der Waals surface area (Å²) in [5.74, 6) is -1.85. The Balaban J connectivity index is 3.05. The van der Waals surface area contributed by atoms with Crippen molar-refractivity contribution in [3.63, 3.8) is 0 Å². The van der Waals surface area contributed by atoms with Crippen LogP contribution in [0.3, 0.4) is 0 Å². The largest absolute Gasteiger partial charge is 0.466 e. The number of esters is 3. The van der Waals surface area contributed by atoms with Gasteiger partial charge in [-0.15, -0.1) is 0 Å². The summed E-state index contributed by atoms with van der Waals surface area (Å²) in [4.78, 5) is 35.7. The van der Waals surface area contributed by atoms with Crippen LogP contribution in [0.25, 0.3) is 0 Å². The maximum atomic E-state index is 12.2. The summed E-state index contributed by atoms with van der Waals surface area (Å²) in [5.41, 5.74) is -1.27. The molecule has 1 aromatic carbocycles. The second-order valence-corrected chi connectivity index (χ2v) is 5.31. The van der Waals surface area contributed by atoms with Crippen LogP contribution in [0.1, 0.15) is 26.3 Å². The second-order valence-electron chi connectivity index (χ2n) is 5.31. The molecule has 0 aliphatic rings. The molecule has 0 aliphatic heterocycles. The predicted molar refractivity (Wildman–Crippen MR) is 93.6 cm³/mol. The Morgan fingerprint density at radius 2 is 1.69 bits per heavy atom. The monoisotopic (exact) mass is 364 g/mol. The lowest BCUT2D eigenvalue weighted by molar-refractivity contribution is -0.176. The number of benzene rings is 1. The molecule has 0 spiro atoms. The van der Waals surface area contributed by atoms with Gasteiger partial charge in [0.1, 0.15) is 5.75 Å². The number of carbonyl (C=O) groups excluding carboxylic acids is 3. The Morgan fingerprint density at radius 1 is 1.04 bits per heavy atom. The van der Waals surface area contributed by atoms with E-state index in [-0.39, 0.29) is 6.61 Å². The molecule has 0 unspecified atom stereocenters. The van der Waals surface area contributed by atoms with E-state index in [9.17, 15) is 14.4 Å². The predicted octanol–water partition coefficient (Wildman–Crippen LogP) is 2.22. The van der Waals surface area contributed by atoms with Crippen molar-refractivity contribution in [3.8, 4) is 5.75 Å².